The van der Waals surface area contributed by atoms with Gasteiger partial charge in [0, 0.05) is 13.0 Å². The van der Waals surface area contributed by atoms with E-state index in [9.17, 15) is 9.59 Å². The van der Waals surface area contributed by atoms with Crippen LogP contribution in [0.3, 0.4) is 0 Å². The van der Waals surface area contributed by atoms with Gasteiger partial charge in [-0.3, -0.25) is 4.79 Å². The number of hydrogen-bond donors (Lipinski definition) is 2. The summed E-state index contributed by atoms with van der Waals surface area (Å²) in [6.45, 7) is 6.00. The number of Topliss-reactive ketones (excluding diaryl/α,β-unsaturated/α-hetero) is 1. The topological polar surface area (TPSA) is 72.2 Å². The van der Waals surface area contributed by atoms with E-state index in [2.05, 4.69) is 11.9 Å². The van der Waals surface area contributed by atoms with Crippen LogP contribution in [0.1, 0.15) is 45.4 Å². The molecule has 0 aliphatic carbocycles. The maximum Gasteiger partial charge on any atom is 0.312 e. The standard InChI is InChI=1S/C12H22N2O2/c1-10(2)11(15)8-6-4-3-5-7-9-14-12(13)16/h1,3-9H2,2H3,(H3,13,14,16). The number of ketones is 1. The van der Waals surface area contributed by atoms with Crippen molar-refractivity contribution in [2.75, 3.05) is 6.54 Å². The van der Waals surface area contributed by atoms with Crippen molar-refractivity contribution in [1.29, 1.82) is 0 Å². The normalized spacial score (nSPS) is 9.81. The summed E-state index contributed by atoms with van der Waals surface area (Å²) in [5, 5.41) is 2.54. The monoisotopic (exact) mass is 226 g/mol. The zero-order valence-electron chi connectivity index (χ0n) is 10.1. The van der Waals surface area contributed by atoms with Crippen LogP contribution in [0, 0.1) is 0 Å². The van der Waals surface area contributed by atoms with Gasteiger partial charge in [0.25, 0.3) is 0 Å². The molecule has 0 aliphatic rings. The predicted octanol–water partition coefficient (Wildman–Crippen LogP) is 2.14. The van der Waals surface area contributed by atoms with Crippen molar-refractivity contribution in [3.05, 3.63) is 12.2 Å². The molecule has 0 atom stereocenters. The third-order valence-corrected chi connectivity index (χ3v) is 2.36. The molecule has 0 aromatic rings. The lowest BCUT2D eigenvalue weighted by atomic mass is 10.1. The molecule has 0 bridgehead atoms. The molecule has 0 heterocycles. The van der Waals surface area contributed by atoms with Crippen LogP contribution in [0.25, 0.3) is 0 Å². The second kappa shape index (κ2) is 8.95. The number of rotatable bonds is 9. The highest BCUT2D eigenvalue weighted by atomic mass is 16.2. The van der Waals surface area contributed by atoms with Gasteiger partial charge in [0.05, 0.1) is 0 Å². The number of hydrogen-bond acceptors (Lipinski definition) is 2. The van der Waals surface area contributed by atoms with Gasteiger partial charge in [-0.2, -0.15) is 0 Å². The third kappa shape index (κ3) is 9.24. The fourth-order valence-electron chi connectivity index (χ4n) is 1.37. The molecular weight excluding hydrogens is 204 g/mol. The molecule has 92 valence electrons. The Bertz CT molecular complexity index is 249. The molecule has 0 aromatic heterocycles. The van der Waals surface area contributed by atoms with E-state index in [1.165, 1.54) is 0 Å². The minimum absolute atomic E-state index is 0.162. The number of allylic oxidation sites excluding steroid dienone is 1. The lowest BCUT2D eigenvalue weighted by molar-refractivity contribution is -0.115. The Morgan fingerprint density at radius 3 is 2.25 bits per heavy atom. The van der Waals surface area contributed by atoms with Gasteiger partial charge in [-0.1, -0.05) is 25.8 Å². The number of nitrogens with one attached hydrogen (secondary N) is 1. The highest BCUT2D eigenvalue weighted by molar-refractivity contribution is 5.93. The lowest BCUT2D eigenvalue weighted by Gasteiger charge is -2.02. The molecule has 4 heteroatoms. The average molecular weight is 226 g/mol. The van der Waals surface area contributed by atoms with Gasteiger partial charge >= 0.3 is 6.03 Å². The van der Waals surface area contributed by atoms with Gasteiger partial charge in [-0.25, -0.2) is 4.79 Å². The molecule has 0 radical (unpaired) electrons. The minimum atomic E-state index is -0.466. The number of carbonyl (C=O) groups excluding carboxylic acids is 2. The number of nitrogens with two attached hydrogens (primary N) is 1. The third-order valence-electron chi connectivity index (χ3n) is 2.36. The first kappa shape index (κ1) is 14.7. The highest BCUT2D eigenvalue weighted by Crippen LogP contribution is 2.07. The Morgan fingerprint density at radius 2 is 1.69 bits per heavy atom. The summed E-state index contributed by atoms with van der Waals surface area (Å²) in [4.78, 5) is 21.5. The molecule has 0 aromatic carbocycles. The number of primary amides is 1. The first-order valence-corrected chi connectivity index (χ1v) is 5.76. The molecule has 16 heavy (non-hydrogen) atoms. The summed E-state index contributed by atoms with van der Waals surface area (Å²) >= 11 is 0. The van der Waals surface area contributed by atoms with Crippen molar-refractivity contribution in [3.8, 4) is 0 Å². The van der Waals surface area contributed by atoms with Crippen LogP contribution in [0.2, 0.25) is 0 Å². The number of unbranched alkanes of at least 4 members (excludes halogenated alkanes) is 4. The van der Waals surface area contributed by atoms with E-state index in [1.54, 1.807) is 6.92 Å². The van der Waals surface area contributed by atoms with Crippen LogP contribution in [0.15, 0.2) is 12.2 Å². The van der Waals surface area contributed by atoms with Gasteiger partial charge < -0.3 is 11.1 Å². The summed E-state index contributed by atoms with van der Waals surface area (Å²) in [5.41, 5.74) is 5.56. The summed E-state index contributed by atoms with van der Waals surface area (Å²) < 4.78 is 0. The first-order chi connectivity index (χ1) is 7.54. The van der Waals surface area contributed by atoms with E-state index in [0.717, 1.165) is 32.1 Å². The molecule has 0 unspecified atom stereocenters. The van der Waals surface area contributed by atoms with Crippen LogP contribution in [-0.2, 0) is 4.79 Å². The van der Waals surface area contributed by atoms with Crippen LogP contribution in [0.4, 0.5) is 4.79 Å². The molecule has 3 N–H and O–H groups in total. The fourth-order valence-corrected chi connectivity index (χ4v) is 1.37. The van der Waals surface area contributed by atoms with Gasteiger partial charge in [0.1, 0.15) is 0 Å². The molecule has 2 amide bonds. The largest absolute Gasteiger partial charge is 0.352 e. The smallest absolute Gasteiger partial charge is 0.312 e. The van der Waals surface area contributed by atoms with Crippen molar-refractivity contribution in [2.45, 2.75) is 45.4 Å². The molecule has 4 nitrogen and oxygen atoms in total. The summed E-state index contributed by atoms with van der Waals surface area (Å²) in [6.07, 6.45) is 5.67. The SMILES string of the molecule is C=C(C)C(=O)CCCCCCCNC(N)=O. The second-order valence-corrected chi connectivity index (χ2v) is 4.01. The van der Waals surface area contributed by atoms with E-state index in [1.807, 2.05) is 0 Å². The summed E-state index contributed by atoms with van der Waals surface area (Å²) in [7, 11) is 0. The average Bonchev–Trinajstić information content (AvgIpc) is 2.21. The van der Waals surface area contributed by atoms with E-state index < -0.39 is 6.03 Å². The molecule has 0 rings (SSSR count). The van der Waals surface area contributed by atoms with Gasteiger partial charge in [-0.05, 0) is 25.3 Å². The van der Waals surface area contributed by atoms with Gasteiger partial charge in [0.15, 0.2) is 5.78 Å². The maximum absolute atomic E-state index is 11.2. The van der Waals surface area contributed by atoms with Crippen LogP contribution < -0.4 is 11.1 Å². The Balaban J connectivity index is 3.19. The summed E-state index contributed by atoms with van der Waals surface area (Å²) in [6, 6.07) is -0.466. The zero-order valence-corrected chi connectivity index (χ0v) is 10.1. The van der Waals surface area contributed by atoms with E-state index in [0.29, 0.717) is 18.5 Å². The molecule has 0 aliphatic heterocycles. The number of amides is 2. The fraction of sp³-hybridized carbons (Fsp3) is 0.667. The Morgan fingerprint density at radius 1 is 1.12 bits per heavy atom. The number of carbonyl (C=O) groups is 2. The first-order valence-electron chi connectivity index (χ1n) is 5.76. The highest BCUT2D eigenvalue weighted by Gasteiger charge is 2.01. The lowest BCUT2D eigenvalue weighted by Crippen LogP contribution is -2.29. The van der Waals surface area contributed by atoms with Gasteiger partial charge in [0.2, 0.25) is 0 Å². The van der Waals surface area contributed by atoms with Crippen LogP contribution in [0.5, 0.6) is 0 Å². The van der Waals surface area contributed by atoms with Crippen LogP contribution in [-0.4, -0.2) is 18.4 Å². The number of urea groups is 1. The van der Waals surface area contributed by atoms with Gasteiger partial charge in [-0.15, -0.1) is 0 Å². The molecule has 0 spiro atoms. The quantitative estimate of drug-likeness (QED) is 0.467. The van der Waals surface area contributed by atoms with E-state index >= 15 is 0 Å². The molecular formula is C12H22N2O2. The minimum Gasteiger partial charge on any atom is -0.352 e. The van der Waals surface area contributed by atoms with Crippen LogP contribution >= 0.6 is 0 Å². The molecule has 0 fully saturated rings. The van der Waals surface area contributed by atoms with Crippen molar-refractivity contribution in [2.24, 2.45) is 5.73 Å². The zero-order chi connectivity index (χ0) is 12.4. The second-order valence-electron chi connectivity index (χ2n) is 4.01. The van der Waals surface area contributed by atoms with Crippen molar-refractivity contribution < 1.29 is 9.59 Å². The Hall–Kier alpha value is -1.32. The Labute approximate surface area is 97.3 Å². The van der Waals surface area contributed by atoms with Crippen molar-refractivity contribution in [1.82, 2.24) is 5.32 Å². The maximum atomic E-state index is 11.2. The van der Waals surface area contributed by atoms with E-state index in [-0.39, 0.29) is 5.78 Å². The van der Waals surface area contributed by atoms with E-state index in [4.69, 9.17) is 5.73 Å². The van der Waals surface area contributed by atoms with Crippen molar-refractivity contribution in [3.63, 3.8) is 0 Å². The molecule has 0 saturated carbocycles. The molecule has 0 saturated heterocycles. The summed E-state index contributed by atoms with van der Waals surface area (Å²) in [5.74, 6) is 0.162. The van der Waals surface area contributed by atoms with Crippen molar-refractivity contribution >= 4 is 11.8 Å². The predicted molar refractivity (Wildman–Crippen MR) is 65.1 cm³/mol. The Kier molecular flexibility index (Phi) is 8.21.